The van der Waals surface area contributed by atoms with E-state index in [1.54, 1.807) is 0 Å². The maximum Gasteiger partial charge on any atom is 0.203 e. The van der Waals surface area contributed by atoms with Crippen molar-refractivity contribution in [2.75, 3.05) is 21.3 Å². The van der Waals surface area contributed by atoms with Crippen LogP contribution in [0, 0.1) is 0 Å². The van der Waals surface area contributed by atoms with Gasteiger partial charge in [0.1, 0.15) is 11.3 Å². The van der Waals surface area contributed by atoms with Crippen LogP contribution in [0.2, 0.25) is 0 Å². The lowest BCUT2D eigenvalue weighted by Crippen LogP contribution is -2.38. The highest BCUT2D eigenvalue weighted by molar-refractivity contribution is 6.06. The van der Waals surface area contributed by atoms with E-state index in [0.717, 1.165) is 6.07 Å². The van der Waals surface area contributed by atoms with Crippen LogP contribution >= 0.6 is 0 Å². The van der Waals surface area contributed by atoms with E-state index in [1.807, 2.05) is 0 Å². The van der Waals surface area contributed by atoms with Gasteiger partial charge in [-0.15, -0.1) is 0 Å². The van der Waals surface area contributed by atoms with Crippen LogP contribution in [0.3, 0.4) is 0 Å². The molecule has 0 saturated carbocycles. The van der Waals surface area contributed by atoms with Crippen molar-refractivity contribution in [2.24, 2.45) is 0 Å². The van der Waals surface area contributed by atoms with Gasteiger partial charge in [-0.3, -0.25) is 4.79 Å². The van der Waals surface area contributed by atoms with Crippen molar-refractivity contribution in [1.29, 1.82) is 0 Å². The number of aromatic hydroxyl groups is 4. The molecule has 0 aromatic heterocycles. The second kappa shape index (κ2) is 6.76. The fraction of sp³-hybridized carbons (Fsp3) is 0.278. The van der Waals surface area contributed by atoms with Crippen LogP contribution in [-0.2, 0) is 4.74 Å². The van der Waals surface area contributed by atoms with Crippen molar-refractivity contribution in [1.82, 2.24) is 0 Å². The van der Waals surface area contributed by atoms with E-state index in [-0.39, 0.29) is 28.4 Å². The number of ether oxygens (including phenoxy) is 4. The minimum Gasteiger partial charge on any atom is -0.504 e. The normalized spacial score (nSPS) is 18.6. The summed E-state index contributed by atoms with van der Waals surface area (Å²) in [6.45, 7) is 0. The molecular weight excluding hydrogens is 360 g/mol. The van der Waals surface area contributed by atoms with Gasteiger partial charge in [0.2, 0.25) is 17.3 Å². The number of fused-ring (bicyclic) bond motifs is 1. The summed E-state index contributed by atoms with van der Waals surface area (Å²) in [7, 11) is 3.81. The van der Waals surface area contributed by atoms with Gasteiger partial charge in [-0.25, -0.2) is 0 Å². The molecule has 1 heterocycles. The molecule has 3 rings (SSSR count). The zero-order valence-corrected chi connectivity index (χ0v) is 14.7. The highest BCUT2D eigenvalue weighted by Crippen LogP contribution is 2.50. The number of Topliss-reactive ketones (excluding diaryl/α,β-unsaturated/α-hetero) is 1. The van der Waals surface area contributed by atoms with Crippen molar-refractivity contribution in [3.05, 3.63) is 29.3 Å². The lowest BCUT2D eigenvalue weighted by atomic mass is 9.91. The molecule has 4 N–H and O–H groups in total. The molecule has 1 aliphatic heterocycles. The predicted molar refractivity (Wildman–Crippen MR) is 91.1 cm³/mol. The first-order valence-electron chi connectivity index (χ1n) is 7.81. The van der Waals surface area contributed by atoms with Crippen molar-refractivity contribution < 1.29 is 44.2 Å². The first kappa shape index (κ1) is 18.5. The summed E-state index contributed by atoms with van der Waals surface area (Å²) in [4.78, 5) is 12.9. The van der Waals surface area contributed by atoms with Crippen molar-refractivity contribution >= 4 is 5.78 Å². The van der Waals surface area contributed by atoms with Gasteiger partial charge < -0.3 is 39.4 Å². The Labute approximate surface area is 153 Å². The smallest absolute Gasteiger partial charge is 0.203 e. The summed E-state index contributed by atoms with van der Waals surface area (Å²) in [5.74, 6) is -3.08. The average molecular weight is 378 g/mol. The average Bonchev–Trinajstić information content (AvgIpc) is 2.63. The Hall–Kier alpha value is -3.33. The van der Waals surface area contributed by atoms with Gasteiger partial charge in [-0.05, 0) is 12.1 Å². The van der Waals surface area contributed by atoms with Crippen LogP contribution in [0.25, 0.3) is 0 Å². The highest BCUT2D eigenvalue weighted by atomic mass is 16.5. The standard InChI is InChI=1S/C18H18O9/c1-24-9-5-4-7(12(20)13(9)21)16-18(26-3)15(23)11-10(27-16)6-8(19)17(25-2)14(11)22/h4-6,16,18-22H,1-3H3. The Balaban J connectivity index is 2.16. The minimum absolute atomic E-state index is 0.0350. The molecule has 2 aromatic rings. The molecule has 0 aliphatic carbocycles. The number of hydrogen-bond donors (Lipinski definition) is 4. The summed E-state index contributed by atoms with van der Waals surface area (Å²) < 4.78 is 20.8. The summed E-state index contributed by atoms with van der Waals surface area (Å²) in [5, 5.41) is 40.6. The number of phenolic OH excluding ortho intramolecular Hbond substituents is 4. The molecule has 2 unspecified atom stereocenters. The molecule has 2 aromatic carbocycles. The van der Waals surface area contributed by atoms with Crippen LogP contribution in [0.5, 0.6) is 40.2 Å². The SMILES string of the molecule is COc1ccc(C2Oc3cc(O)c(OC)c(O)c3C(=O)C2OC)c(O)c1O. The van der Waals surface area contributed by atoms with Crippen LogP contribution in [0.4, 0.5) is 0 Å². The van der Waals surface area contributed by atoms with E-state index >= 15 is 0 Å². The van der Waals surface area contributed by atoms with Gasteiger partial charge in [-0.1, -0.05) is 0 Å². The largest absolute Gasteiger partial charge is 0.504 e. The first-order chi connectivity index (χ1) is 12.8. The summed E-state index contributed by atoms with van der Waals surface area (Å²) in [5.41, 5.74) is -0.154. The summed E-state index contributed by atoms with van der Waals surface area (Å²) in [6, 6.07) is 3.92. The van der Waals surface area contributed by atoms with Gasteiger partial charge >= 0.3 is 0 Å². The van der Waals surface area contributed by atoms with E-state index in [9.17, 15) is 25.2 Å². The van der Waals surface area contributed by atoms with Crippen molar-refractivity contribution in [2.45, 2.75) is 12.2 Å². The number of methoxy groups -OCH3 is 3. The summed E-state index contributed by atoms with van der Waals surface area (Å²) >= 11 is 0. The lowest BCUT2D eigenvalue weighted by Gasteiger charge is -2.33. The van der Waals surface area contributed by atoms with E-state index in [0.29, 0.717) is 0 Å². The van der Waals surface area contributed by atoms with Crippen LogP contribution < -0.4 is 14.2 Å². The number of phenols is 4. The molecule has 0 amide bonds. The number of benzene rings is 2. The van der Waals surface area contributed by atoms with E-state index in [4.69, 9.17) is 18.9 Å². The lowest BCUT2D eigenvalue weighted by molar-refractivity contribution is -0.00200. The molecule has 0 bridgehead atoms. The molecule has 0 spiro atoms. The Bertz CT molecular complexity index is 906. The first-order valence-corrected chi connectivity index (χ1v) is 7.81. The third kappa shape index (κ3) is 2.72. The fourth-order valence-electron chi connectivity index (χ4n) is 3.05. The monoisotopic (exact) mass is 378 g/mol. The number of hydrogen-bond acceptors (Lipinski definition) is 9. The zero-order valence-electron chi connectivity index (χ0n) is 14.7. The molecule has 0 saturated heterocycles. The Morgan fingerprint density at radius 2 is 1.67 bits per heavy atom. The molecule has 144 valence electrons. The minimum atomic E-state index is -1.24. The Morgan fingerprint density at radius 1 is 0.963 bits per heavy atom. The molecule has 27 heavy (non-hydrogen) atoms. The van der Waals surface area contributed by atoms with E-state index in [2.05, 4.69) is 0 Å². The fourth-order valence-corrected chi connectivity index (χ4v) is 3.05. The van der Waals surface area contributed by atoms with Gasteiger partial charge in [-0.2, -0.15) is 0 Å². The topological polar surface area (TPSA) is 135 Å². The zero-order chi connectivity index (χ0) is 19.9. The maximum atomic E-state index is 12.9. The quantitative estimate of drug-likeness (QED) is 0.588. The second-order valence-corrected chi connectivity index (χ2v) is 5.76. The third-order valence-corrected chi connectivity index (χ3v) is 4.36. The predicted octanol–water partition coefficient (Wildman–Crippen LogP) is 1.86. The molecule has 0 fully saturated rings. The van der Waals surface area contributed by atoms with Crippen LogP contribution in [-0.4, -0.2) is 53.6 Å². The number of rotatable bonds is 4. The van der Waals surface area contributed by atoms with Gasteiger partial charge in [0.15, 0.2) is 35.2 Å². The number of ketones is 1. The summed E-state index contributed by atoms with van der Waals surface area (Å²) in [6.07, 6.45) is -2.39. The molecular formula is C18H18O9. The van der Waals surface area contributed by atoms with E-state index < -0.39 is 41.0 Å². The van der Waals surface area contributed by atoms with Crippen molar-refractivity contribution in [3.8, 4) is 40.2 Å². The second-order valence-electron chi connectivity index (χ2n) is 5.76. The molecule has 9 heteroatoms. The molecule has 9 nitrogen and oxygen atoms in total. The van der Waals surface area contributed by atoms with Crippen molar-refractivity contribution in [3.63, 3.8) is 0 Å². The molecule has 0 radical (unpaired) electrons. The van der Waals surface area contributed by atoms with Crippen LogP contribution in [0.1, 0.15) is 22.0 Å². The van der Waals surface area contributed by atoms with Gasteiger partial charge in [0.05, 0.1) is 14.2 Å². The molecule has 2 atom stereocenters. The van der Waals surface area contributed by atoms with Gasteiger partial charge in [0, 0.05) is 18.7 Å². The maximum absolute atomic E-state index is 12.9. The third-order valence-electron chi connectivity index (χ3n) is 4.36. The number of carbonyl (C=O) groups excluding carboxylic acids is 1. The highest BCUT2D eigenvalue weighted by Gasteiger charge is 2.43. The molecule has 1 aliphatic rings. The Morgan fingerprint density at radius 3 is 2.26 bits per heavy atom. The van der Waals surface area contributed by atoms with E-state index in [1.165, 1.54) is 33.5 Å². The Kier molecular flexibility index (Phi) is 4.63. The van der Waals surface area contributed by atoms with Crippen LogP contribution in [0.15, 0.2) is 18.2 Å². The number of carbonyl (C=O) groups is 1. The van der Waals surface area contributed by atoms with Gasteiger partial charge in [0.25, 0.3) is 0 Å².